The molecule has 0 aromatic heterocycles. The first-order valence-electron chi connectivity index (χ1n) is 3.80. The van der Waals surface area contributed by atoms with Crippen LogP contribution >= 0.6 is 0 Å². The van der Waals surface area contributed by atoms with Crippen molar-refractivity contribution in [3.8, 4) is 0 Å². The van der Waals surface area contributed by atoms with Crippen LogP contribution in [0.4, 0.5) is 0 Å². The normalized spacial score (nSPS) is 20.1. The Labute approximate surface area is 76.8 Å². The summed E-state index contributed by atoms with van der Waals surface area (Å²) in [5.41, 5.74) is 0. The molecular formula is C7H15N2Re-. The van der Waals surface area contributed by atoms with Crippen LogP contribution in [0.5, 0.6) is 0 Å². The molecule has 1 heterocycles. The molecular weight excluding hydrogens is 298 g/mol. The number of nitrogens with one attached hydrogen (secondary N) is 1. The predicted molar refractivity (Wildman–Crippen MR) is 39.8 cm³/mol. The van der Waals surface area contributed by atoms with Gasteiger partial charge in [0, 0.05) is 26.5 Å². The molecule has 1 radical (unpaired) electrons. The minimum Gasteiger partial charge on any atom is -0.662 e. The predicted octanol–water partition coefficient (Wildman–Crippen LogP) is 1.13. The van der Waals surface area contributed by atoms with Crippen molar-refractivity contribution in [1.82, 2.24) is 5.32 Å². The average molecular weight is 313 g/mol. The van der Waals surface area contributed by atoms with E-state index in [1.165, 1.54) is 12.8 Å². The van der Waals surface area contributed by atoms with E-state index in [-0.39, 0.29) is 20.4 Å². The molecule has 0 amide bonds. The molecule has 1 fully saturated rings. The first kappa shape index (κ1) is 10.6. The van der Waals surface area contributed by atoms with Crippen molar-refractivity contribution < 1.29 is 20.4 Å². The molecule has 2 nitrogen and oxygen atoms in total. The smallest absolute Gasteiger partial charge is 0.00341 e. The Bertz CT molecular complexity index is 69.3. The third-order valence-electron chi connectivity index (χ3n) is 1.76. The summed E-state index contributed by atoms with van der Waals surface area (Å²) in [6, 6.07) is 0.757. The van der Waals surface area contributed by atoms with Gasteiger partial charge in [0.15, 0.2) is 0 Å². The van der Waals surface area contributed by atoms with E-state index in [1.807, 2.05) is 0 Å². The molecule has 3 heteroatoms. The van der Waals surface area contributed by atoms with Gasteiger partial charge < -0.3 is 10.6 Å². The van der Waals surface area contributed by atoms with Gasteiger partial charge in [-0.15, -0.1) is 13.1 Å². The largest absolute Gasteiger partial charge is 0.662 e. The number of nitrogens with zero attached hydrogens (tertiary/aromatic N) is 1. The second kappa shape index (κ2) is 6.30. The maximum atomic E-state index is 4.27. The van der Waals surface area contributed by atoms with Crippen LogP contribution < -0.4 is 5.32 Å². The Balaban J connectivity index is 0.000000810. The van der Waals surface area contributed by atoms with Crippen LogP contribution in [-0.2, 0) is 20.4 Å². The van der Waals surface area contributed by atoms with Crippen LogP contribution in [0, 0.1) is 0 Å². The summed E-state index contributed by atoms with van der Waals surface area (Å²) in [6.45, 7) is 5.39. The first-order chi connectivity index (χ1) is 4.43. The van der Waals surface area contributed by atoms with E-state index in [9.17, 15) is 0 Å². The van der Waals surface area contributed by atoms with Gasteiger partial charge in [0.05, 0.1) is 0 Å². The molecule has 0 unspecified atom stereocenters. The molecule has 61 valence electrons. The van der Waals surface area contributed by atoms with Crippen molar-refractivity contribution in [2.45, 2.75) is 25.8 Å². The second-order valence-electron chi connectivity index (χ2n) is 2.50. The summed E-state index contributed by atoms with van der Waals surface area (Å²) in [7, 11) is 0. The van der Waals surface area contributed by atoms with Crippen molar-refractivity contribution >= 4 is 0 Å². The molecule has 1 aliphatic rings. The van der Waals surface area contributed by atoms with E-state index >= 15 is 0 Å². The third-order valence-corrected chi connectivity index (χ3v) is 1.76. The van der Waals surface area contributed by atoms with Crippen molar-refractivity contribution in [1.29, 1.82) is 0 Å². The summed E-state index contributed by atoms with van der Waals surface area (Å²) < 4.78 is 0. The Kier molecular flexibility index (Phi) is 6.67. The summed E-state index contributed by atoms with van der Waals surface area (Å²) in [5, 5.41) is 7.69. The van der Waals surface area contributed by atoms with E-state index in [2.05, 4.69) is 17.6 Å². The molecule has 0 aliphatic carbocycles. The van der Waals surface area contributed by atoms with E-state index in [4.69, 9.17) is 0 Å². The summed E-state index contributed by atoms with van der Waals surface area (Å²) in [5.74, 6) is 0. The molecule has 0 spiro atoms. The maximum absolute atomic E-state index is 4.27. The van der Waals surface area contributed by atoms with Crippen LogP contribution in [-0.4, -0.2) is 25.7 Å². The van der Waals surface area contributed by atoms with Gasteiger partial charge in [-0.2, -0.15) is 0 Å². The summed E-state index contributed by atoms with van der Waals surface area (Å²) >= 11 is 0. The molecule has 0 atom stereocenters. The molecule has 0 aromatic carbocycles. The van der Waals surface area contributed by atoms with E-state index in [0.717, 1.165) is 25.7 Å². The summed E-state index contributed by atoms with van der Waals surface area (Å²) in [4.78, 5) is 0. The molecule has 10 heavy (non-hydrogen) atoms. The molecule has 1 saturated heterocycles. The molecule has 1 aliphatic heterocycles. The Morgan fingerprint density at radius 2 is 2.00 bits per heavy atom. The van der Waals surface area contributed by atoms with Gasteiger partial charge in [0.2, 0.25) is 0 Å². The van der Waals surface area contributed by atoms with E-state index in [0.29, 0.717) is 0 Å². The molecule has 1 rings (SSSR count). The van der Waals surface area contributed by atoms with E-state index < -0.39 is 0 Å². The number of hydrogen-bond donors (Lipinski definition) is 1. The van der Waals surface area contributed by atoms with E-state index in [1.54, 1.807) is 0 Å². The Morgan fingerprint density at radius 1 is 1.40 bits per heavy atom. The van der Waals surface area contributed by atoms with Crippen molar-refractivity contribution in [3.63, 3.8) is 0 Å². The maximum Gasteiger partial charge on any atom is 0.00341 e. The standard InChI is InChI=1S/C7H15N2.Re/c1-2-9-7-3-5-8-6-4-7;/h7,9H,2-6H2,1H3;/q-1;. The Morgan fingerprint density at radius 3 is 2.50 bits per heavy atom. The second-order valence-corrected chi connectivity index (χ2v) is 2.50. The van der Waals surface area contributed by atoms with Crippen molar-refractivity contribution in [2.24, 2.45) is 0 Å². The molecule has 0 saturated carbocycles. The average Bonchev–Trinajstić information content (AvgIpc) is 1.91. The zero-order valence-corrected chi connectivity index (χ0v) is 9.15. The number of piperidine rings is 1. The van der Waals surface area contributed by atoms with Crippen LogP contribution in [0.3, 0.4) is 0 Å². The van der Waals surface area contributed by atoms with Crippen molar-refractivity contribution in [2.75, 3.05) is 19.6 Å². The third kappa shape index (κ3) is 3.68. The molecule has 0 aromatic rings. The summed E-state index contributed by atoms with van der Waals surface area (Å²) in [6.07, 6.45) is 2.49. The quantitative estimate of drug-likeness (QED) is 0.813. The fraction of sp³-hybridized carbons (Fsp3) is 1.00. The van der Waals surface area contributed by atoms with Gasteiger partial charge in [-0.05, 0) is 6.54 Å². The minimum atomic E-state index is 0. The van der Waals surface area contributed by atoms with Crippen LogP contribution in [0.2, 0.25) is 0 Å². The monoisotopic (exact) mass is 314 g/mol. The van der Waals surface area contributed by atoms with Gasteiger partial charge in [-0.25, -0.2) is 0 Å². The van der Waals surface area contributed by atoms with Crippen molar-refractivity contribution in [3.05, 3.63) is 5.32 Å². The zero-order chi connectivity index (χ0) is 6.53. The van der Waals surface area contributed by atoms with Gasteiger partial charge in [-0.3, -0.25) is 0 Å². The fourth-order valence-electron chi connectivity index (χ4n) is 1.24. The van der Waals surface area contributed by atoms with Gasteiger partial charge >= 0.3 is 0 Å². The van der Waals surface area contributed by atoms with Gasteiger partial charge in [0.25, 0.3) is 0 Å². The van der Waals surface area contributed by atoms with Crippen LogP contribution in [0.15, 0.2) is 0 Å². The topological polar surface area (TPSA) is 26.1 Å². The minimum absolute atomic E-state index is 0. The fourth-order valence-corrected chi connectivity index (χ4v) is 1.24. The number of rotatable bonds is 2. The number of hydrogen-bond acceptors (Lipinski definition) is 1. The molecule has 0 bridgehead atoms. The SMILES string of the molecule is CCNC1CC[N-]CC1.[Re]. The Hall–Kier alpha value is 0.582. The van der Waals surface area contributed by atoms with Gasteiger partial charge in [-0.1, -0.05) is 19.8 Å². The molecule has 1 N–H and O–H groups in total. The first-order valence-corrected chi connectivity index (χ1v) is 3.80. The van der Waals surface area contributed by atoms with Crippen LogP contribution in [0.25, 0.3) is 5.32 Å². The van der Waals surface area contributed by atoms with Gasteiger partial charge in [0.1, 0.15) is 0 Å². The zero-order valence-electron chi connectivity index (χ0n) is 6.44. The van der Waals surface area contributed by atoms with Crippen LogP contribution in [0.1, 0.15) is 19.8 Å².